The second-order valence-corrected chi connectivity index (χ2v) is 7.59. The van der Waals surface area contributed by atoms with Gasteiger partial charge in [-0.3, -0.25) is 4.79 Å². The van der Waals surface area contributed by atoms with Crippen molar-refractivity contribution >= 4 is 29.8 Å². The second-order valence-electron chi connectivity index (χ2n) is 5.87. The SMILES string of the molecule is C=C/C=C(\C=C/C)CNC/C(=C(/C)Sc1cc(C)cc(Cl)c1)N(C)C=O. The number of aryl methyl sites for hydroxylation is 1. The van der Waals surface area contributed by atoms with Crippen molar-refractivity contribution in [3.05, 3.63) is 75.8 Å². The van der Waals surface area contributed by atoms with E-state index in [9.17, 15) is 4.79 Å². The third kappa shape index (κ3) is 7.65. The van der Waals surface area contributed by atoms with Gasteiger partial charge in [0.15, 0.2) is 0 Å². The normalized spacial score (nSPS) is 12.9. The number of nitrogens with one attached hydrogen (secondary N) is 1. The minimum Gasteiger partial charge on any atom is -0.320 e. The number of amides is 1. The van der Waals surface area contributed by atoms with Gasteiger partial charge in [0.2, 0.25) is 6.41 Å². The van der Waals surface area contributed by atoms with Gasteiger partial charge in [-0.05, 0) is 50.1 Å². The summed E-state index contributed by atoms with van der Waals surface area (Å²) in [5, 5.41) is 4.11. The number of carbonyl (C=O) groups excluding carboxylic acids is 1. The van der Waals surface area contributed by atoms with Crippen molar-refractivity contribution < 1.29 is 4.79 Å². The molecule has 1 amide bonds. The lowest BCUT2D eigenvalue weighted by Crippen LogP contribution is -2.28. The first-order valence-electron chi connectivity index (χ1n) is 8.39. The van der Waals surface area contributed by atoms with Crippen LogP contribution >= 0.6 is 23.4 Å². The van der Waals surface area contributed by atoms with Gasteiger partial charge in [-0.15, -0.1) is 0 Å². The van der Waals surface area contributed by atoms with E-state index in [0.29, 0.717) is 18.1 Å². The van der Waals surface area contributed by atoms with Gasteiger partial charge in [-0.25, -0.2) is 0 Å². The van der Waals surface area contributed by atoms with E-state index < -0.39 is 0 Å². The Morgan fingerprint density at radius 1 is 1.35 bits per heavy atom. The number of rotatable bonds is 10. The van der Waals surface area contributed by atoms with E-state index >= 15 is 0 Å². The lowest BCUT2D eigenvalue weighted by molar-refractivity contribution is -0.115. The molecular formula is C21H27ClN2OS. The minimum atomic E-state index is 0.583. The van der Waals surface area contributed by atoms with Gasteiger partial charge < -0.3 is 10.2 Å². The van der Waals surface area contributed by atoms with Gasteiger partial charge in [0.05, 0.1) is 0 Å². The van der Waals surface area contributed by atoms with Crippen molar-refractivity contribution in [1.82, 2.24) is 10.2 Å². The molecule has 0 aliphatic carbocycles. The van der Waals surface area contributed by atoms with Crippen molar-refractivity contribution in [2.75, 3.05) is 20.1 Å². The van der Waals surface area contributed by atoms with E-state index in [1.165, 1.54) is 0 Å². The topological polar surface area (TPSA) is 32.3 Å². The number of halogens is 1. The fourth-order valence-corrected chi connectivity index (χ4v) is 3.90. The quantitative estimate of drug-likeness (QED) is 0.332. The highest BCUT2D eigenvalue weighted by Crippen LogP contribution is 2.31. The highest BCUT2D eigenvalue weighted by atomic mass is 35.5. The van der Waals surface area contributed by atoms with Crippen molar-refractivity contribution in [3.8, 4) is 0 Å². The summed E-state index contributed by atoms with van der Waals surface area (Å²) in [6.07, 6.45) is 8.60. The summed E-state index contributed by atoms with van der Waals surface area (Å²) in [5.41, 5.74) is 3.18. The number of benzene rings is 1. The molecule has 140 valence electrons. The zero-order valence-corrected chi connectivity index (χ0v) is 17.5. The summed E-state index contributed by atoms with van der Waals surface area (Å²) in [6, 6.07) is 5.95. The Bertz CT molecular complexity index is 702. The molecule has 0 radical (unpaired) electrons. The predicted molar refractivity (Wildman–Crippen MR) is 115 cm³/mol. The van der Waals surface area contributed by atoms with E-state index in [1.807, 2.05) is 51.1 Å². The van der Waals surface area contributed by atoms with Gasteiger partial charge in [0.1, 0.15) is 0 Å². The molecule has 1 N–H and O–H groups in total. The van der Waals surface area contributed by atoms with E-state index in [0.717, 1.165) is 33.0 Å². The monoisotopic (exact) mass is 390 g/mol. The summed E-state index contributed by atoms with van der Waals surface area (Å²) in [6.45, 7) is 11.0. The summed E-state index contributed by atoms with van der Waals surface area (Å²) >= 11 is 7.76. The van der Waals surface area contributed by atoms with Gasteiger partial charge in [-0.1, -0.05) is 54.2 Å². The highest BCUT2D eigenvalue weighted by Gasteiger charge is 2.10. The average molecular weight is 391 g/mol. The zero-order chi connectivity index (χ0) is 19.5. The first-order valence-corrected chi connectivity index (χ1v) is 9.58. The molecule has 26 heavy (non-hydrogen) atoms. The third-order valence-corrected chi connectivity index (χ3v) is 4.84. The van der Waals surface area contributed by atoms with Crippen LogP contribution in [-0.4, -0.2) is 31.4 Å². The molecule has 0 saturated heterocycles. The highest BCUT2D eigenvalue weighted by molar-refractivity contribution is 8.03. The fraction of sp³-hybridized carbons (Fsp3) is 0.286. The first-order chi connectivity index (χ1) is 12.4. The van der Waals surface area contributed by atoms with Crippen LogP contribution in [0.3, 0.4) is 0 Å². The van der Waals surface area contributed by atoms with Crippen LogP contribution in [0.25, 0.3) is 0 Å². The number of hydrogen-bond acceptors (Lipinski definition) is 3. The lowest BCUT2D eigenvalue weighted by Gasteiger charge is -2.20. The van der Waals surface area contributed by atoms with Gasteiger partial charge >= 0.3 is 0 Å². The Hall–Kier alpha value is -1.75. The van der Waals surface area contributed by atoms with Crippen LogP contribution in [-0.2, 0) is 4.79 Å². The van der Waals surface area contributed by atoms with Crippen LogP contribution < -0.4 is 5.32 Å². The summed E-state index contributed by atoms with van der Waals surface area (Å²) in [7, 11) is 1.77. The molecule has 0 aliphatic heterocycles. The van der Waals surface area contributed by atoms with Gasteiger partial charge in [0, 0.05) is 40.7 Å². The molecule has 0 fully saturated rings. The molecule has 1 rings (SSSR count). The summed E-state index contributed by atoms with van der Waals surface area (Å²) in [4.78, 5) is 15.0. The first kappa shape index (κ1) is 22.3. The Balaban J connectivity index is 2.93. The van der Waals surface area contributed by atoms with Crippen molar-refractivity contribution in [1.29, 1.82) is 0 Å². The maximum absolute atomic E-state index is 11.3. The average Bonchev–Trinajstić information content (AvgIpc) is 2.57. The van der Waals surface area contributed by atoms with E-state index in [2.05, 4.69) is 18.0 Å². The number of nitrogens with zero attached hydrogens (tertiary/aromatic N) is 1. The van der Waals surface area contributed by atoms with Crippen LogP contribution in [0.1, 0.15) is 19.4 Å². The molecule has 5 heteroatoms. The predicted octanol–water partition coefficient (Wildman–Crippen LogP) is 5.34. The second kappa shape index (κ2) is 11.8. The third-order valence-electron chi connectivity index (χ3n) is 3.61. The molecule has 0 heterocycles. The van der Waals surface area contributed by atoms with Crippen LogP contribution in [0, 0.1) is 6.92 Å². The van der Waals surface area contributed by atoms with Crippen molar-refractivity contribution in [2.24, 2.45) is 0 Å². The zero-order valence-electron chi connectivity index (χ0n) is 15.9. The Labute approximate surface area is 166 Å². The van der Waals surface area contributed by atoms with E-state index in [4.69, 9.17) is 11.6 Å². The van der Waals surface area contributed by atoms with Crippen LogP contribution in [0.5, 0.6) is 0 Å². The van der Waals surface area contributed by atoms with Crippen LogP contribution in [0.15, 0.2) is 70.2 Å². The standard InChI is InChI=1S/C21H27ClN2OS/c1-6-8-18(9-7-2)13-23-14-21(24(5)15-25)17(4)26-20-11-16(3)10-19(22)12-20/h6-12,15,23H,1,13-14H2,2-5H3/b9-7-,18-8+,21-17+. The maximum atomic E-state index is 11.3. The molecule has 1 aromatic rings. The molecule has 0 aliphatic rings. The van der Waals surface area contributed by atoms with Crippen LogP contribution in [0.4, 0.5) is 0 Å². The molecule has 1 aromatic carbocycles. The smallest absolute Gasteiger partial charge is 0.213 e. The Kier molecular flexibility index (Phi) is 10.1. The number of allylic oxidation sites excluding steroid dienone is 4. The maximum Gasteiger partial charge on any atom is 0.213 e. The number of carbonyl (C=O) groups is 1. The van der Waals surface area contributed by atoms with Crippen LogP contribution in [0.2, 0.25) is 5.02 Å². The van der Waals surface area contributed by atoms with Crippen molar-refractivity contribution in [3.63, 3.8) is 0 Å². The van der Waals surface area contributed by atoms with Gasteiger partial charge in [-0.2, -0.15) is 0 Å². The minimum absolute atomic E-state index is 0.583. The Morgan fingerprint density at radius 3 is 2.65 bits per heavy atom. The molecule has 0 aromatic heterocycles. The number of hydrogen-bond donors (Lipinski definition) is 1. The largest absolute Gasteiger partial charge is 0.320 e. The van der Waals surface area contributed by atoms with Crippen molar-refractivity contribution in [2.45, 2.75) is 25.7 Å². The Morgan fingerprint density at radius 2 is 2.08 bits per heavy atom. The molecule has 0 spiro atoms. The number of thioether (sulfide) groups is 1. The fourth-order valence-electron chi connectivity index (χ4n) is 2.42. The molecule has 0 bridgehead atoms. The van der Waals surface area contributed by atoms with E-state index in [1.54, 1.807) is 29.8 Å². The molecule has 0 atom stereocenters. The van der Waals surface area contributed by atoms with Gasteiger partial charge in [0.25, 0.3) is 0 Å². The lowest BCUT2D eigenvalue weighted by atomic mass is 10.2. The summed E-state index contributed by atoms with van der Waals surface area (Å²) < 4.78 is 0. The molecule has 0 saturated carbocycles. The molecule has 0 unspecified atom stereocenters. The number of likely N-dealkylation sites (N-methyl/N-ethyl adjacent to an activating group) is 1. The molecular weight excluding hydrogens is 364 g/mol. The van der Waals surface area contributed by atoms with E-state index in [-0.39, 0.29) is 0 Å². The summed E-state index contributed by atoms with van der Waals surface area (Å²) in [5.74, 6) is 0. The molecule has 3 nitrogen and oxygen atoms in total.